The van der Waals surface area contributed by atoms with Crippen LogP contribution in [0.2, 0.25) is 0 Å². The average molecular weight is 558 g/mol. The highest BCUT2D eigenvalue weighted by atomic mass is 127. The van der Waals surface area contributed by atoms with Crippen LogP contribution in [0, 0.1) is 0 Å². The minimum absolute atomic E-state index is 0. The largest absolute Gasteiger partial charge is 0.495 e. The first-order valence-electron chi connectivity index (χ1n) is 10.4. The Hall–Kier alpha value is -2.01. The van der Waals surface area contributed by atoms with Crippen molar-refractivity contribution in [2.45, 2.75) is 39.3 Å². The molecule has 7 nitrogen and oxygen atoms in total. The lowest BCUT2D eigenvalue weighted by atomic mass is 10.1. The quantitative estimate of drug-likeness (QED) is 0.272. The number of thiophene rings is 1. The Bertz CT molecular complexity index is 852. The number of rotatable bonds is 7. The number of aliphatic imine (C=N–C) groups is 1. The number of methoxy groups -OCH3 is 1. The van der Waals surface area contributed by atoms with Gasteiger partial charge in [0.15, 0.2) is 5.96 Å². The molecule has 1 aliphatic rings. The summed E-state index contributed by atoms with van der Waals surface area (Å²) in [6.45, 7) is 6.98. The highest BCUT2D eigenvalue weighted by molar-refractivity contribution is 14.0. The molecule has 2 heterocycles. The number of anilines is 2. The van der Waals surface area contributed by atoms with Crippen molar-refractivity contribution in [2.24, 2.45) is 4.99 Å². The summed E-state index contributed by atoms with van der Waals surface area (Å²) in [5.41, 5.74) is 1.67. The number of ether oxygens (including phenoxy) is 1. The molecule has 31 heavy (non-hydrogen) atoms. The number of halogens is 1. The second-order valence-electron chi connectivity index (χ2n) is 7.27. The molecule has 1 aromatic carbocycles. The van der Waals surface area contributed by atoms with E-state index in [9.17, 15) is 4.79 Å². The molecule has 0 unspecified atom stereocenters. The van der Waals surface area contributed by atoms with Crippen molar-refractivity contribution >= 4 is 57.9 Å². The Labute approximate surface area is 205 Å². The van der Waals surface area contributed by atoms with Gasteiger partial charge in [-0.3, -0.25) is 4.79 Å². The van der Waals surface area contributed by atoms with Crippen LogP contribution in [0.1, 0.15) is 32.3 Å². The van der Waals surface area contributed by atoms with Crippen LogP contribution in [0.25, 0.3) is 0 Å². The number of benzene rings is 1. The first kappa shape index (κ1) is 25.3. The molecular weight excluding hydrogens is 525 g/mol. The Morgan fingerprint density at radius 1 is 1.29 bits per heavy atom. The molecule has 3 rings (SSSR count). The molecule has 9 heteroatoms. The van der Waals surface area contributed by atoms with Gasteiger partial charge in [-0.2, -0.15) is 0 Å². The van der Waals surface area contributed by atoms with Crippen LogP contribution in [-0.4, -0.2) is 44.7 Å². The molecule has 1 fully saturated rings. The van der Waals surface area contributed by atoms with Crippen molar-refractivity contribution in [3.8, 4) is 5.75 Å². The maximum Gasteiger partial charge on any atom is 0.221 e. The summed E-state index contributed by atoms with van der Waals surface area (Å²) in [5, 5.41) is 13.2. The summed E-state index contributed by atoms with van der Waals surface area (Å²) in [4.78, 5) is 18.7. The average Bonchev–Trinajstić information content (AvgIpc) is 3.27. The van der Waals surface area contributed by atoms with E-state index in [1.54, 1.807) is 18.4 Å². The van der Waals surface area contributed by atoms with Gasteiger partial charge in [0, 0.05) is 32.6 Å². The van der Waals surface area contributed by atoms with Crippen molar-refractivity contribution in [3.05, 3.63) is 41.3 Å². The Morgan fingerprint density at radius 3 is 2.68 bits per heavy atom. The van der Waals surface area contributed by atoms with Gasteiger partial charge in [-0.15, -0.1) is 35.3 Å². The Kier molecular flexibility index (Phi) is 10.4. The van der Waals surface area contributed by atoms with E-state index in [0.29, 0.717) is 24.0 Å². The highest BCUT2D eigenvalue weighted by Gasteiger charge is 2.20. The van der Waals surface area contributed by atoms with Crippen molar-refractivity contribution in [1.29, 1.82) is 0 Å². The van der Waals surface area contributed by atoms with E-state index in [4.69, 9.17) is 9.73 Å². The van der Waals surface area contributed by atoms with E-state index < -0.39 is 0 Å². The molecule has 2 aromatic rings. The number of nitrogens with zero attached hydrogens (tertiary/aromatic N) is 2. The molecule has 0 bridgehead atoms. The fourth-order valence-corrected chi connectivity index (χ4v) is 4.30. The third-order valence-electron chi connectivity index (χ3n) is 4.99. The van der Waals surface area contributed by atoms with E-state index >= 15 is 0 Å². The van der Waals surface area contributed by atoms with Gasteiger partial charge >= 0.3 is 0 Å². The molecule has 0 spiro atoms. The van der Waals surface area contributed by atoms with Crippen LogP contribution in [0.4, 0.5) is 10.7 Å². The topological polar surface area (TPSA) is 78.0 Å². The molecule has 3 N–H and O–H groups in total. The van der Waals surface area contributed by atoms with Crippen LogP contribution in [0.3, 0.4) is 0 Å². The van der Waals surface area contributed by atoms with E-state index in [1.165, 1.54) is 11.9 Å². The summed E-state index contributed by atoms with van der Waals surface area (Å²) < 4.78 is 5.32. The van der Waals surface area contributed by atoms with Gasteiger partial charge in [0.1, 0.15) is 5.75 Å². The number of hydrogen-bond donors (Lipinski definition) is 3. The van der Waals surface area contributed by atoms with Crippen molar-refractivity contribution in [2.75, 3.05) is 37.0 Å². The number of nitrogens with one attached hydrogen (secondary N) is 3. The van der Waals surface area contributed by atoms with Crippen LogP contribution < -0.4 is 25.6 Å². The maximum atomic E-state index is 11.4. The minimum atomic E-state index is -0.127. The fourth-order valence-electron chi connectivity index (χ4n) is 3.52. The molecule has 1 aliphatic heterocycles. The van der Waals surface area contributed by atoms with E-state index in [0.717, 1.165) is 44.0 Å². The van der Waals surface area contributed by atoms with Crippen LogP contribution >= 0.6 is 35.3 Å². The fraction of sp³-hybridized carbons (Fsp3) is 0.455. The molecule has 1 amide bonds. The lowest BCUT2D eigenvalue weighted by Gasteiger charge is -2.33. The van der Waals surface area contributed by atoms with Crippen molar-refractivity contribution in [3.63, 3.8) is 0 Å². The van der Waals surface area contributed by atoms with Gasteiger partial charge in [0.2, 0.25) is 5.91 Å². The van der Waals surface area contributed by atoms with Crippen LogP contribution in [-0.2, 0) is 11.3 Å². The van der Waals surface area contributed by atoms with E-state index in [2.05, 4.69) is 45.3 Å². The third-order valence-corrected chi connectivity index (χ3v) is 5.92. The monoisotopic (exact) mass is 557 g/mol. The smallest absolute Gasteiger partial charge is 0.221 e. The number of piperidine rings is 1. The van der Waals surface area contributed by atoms with E-state index in [-0.39, 0.29) is 29.9 Å². The summed E-state index contributed by atoms with van der Waals surface area (Å²) in [5.74, 6) is 1.34. The molecular formula is C22H32IN5O2S. The molecule has 0 aliphatic carbocycles. The SMILES string of the molecule is CCNC(=NCc1ccc(OC)c(NC(C)=O)c1)NC1CCN(c2cccs2)CC1.I. The van der Waals surface area contributed by atoms with E-state index in [1.807, 2.05) is 18.2 Å². The zero-order chi connectivity index (χ0) is 21.3. The zero-order valence-electron chi connectivity index (χ0n) is 18.3. The van der Waals surface area contributed by atoms with Crippen molar-refractivity contribution < 1.29 is 9.53 Å². The summed E-state index contributed by atoms with van der Waals surface area (Å²) in [6.07, 6.45) is 2.16. The number of amides is 1. The first-order chi connectivity index (χ1) is 14.6. The third kappa shape index (κ3) is 7.57. The number of guanidine groups is 1. The second-order valence-corrected chi connectivity index (χ2v) is 8.19. The second kappa shape index (κ2) is 12.7. The maximum absolute atomic E-state index is 11.4. The lowest BCUT2D eigenvalue weighted by Crippen LogP contribution is -2.48. The predicted molar refractivity (Wildman–Crippen MR) is 140 cm³/mol. The summed E-state index contributed by atoms with van der Waals surface area (Å²) in [6, 6.07) is 10.4. The van der Waals surface area contributed by atoms with Gasteiger partial charge in [0.05, 0.1) is 24.3 Å². The van der Waals surface area contributed by atoms with Gasteiger partial charge < -0.3 is 25.6 Å². The highest BCUT2D eigenvalue weighted by Crippen LogP contribution is 2.26. The van der Waals surface area contributed by atoms with Gasteiger partial charge in [0.25, 0.3) is 0 Å². The molecule has 1 aromatic heterocycles. The molecule has 0 radical (unpaired) electrons. The molecule has 0 saturated carbocycles. The van der Waals surface area contributed by atoms with Gasteiger partial charge in [-0.25, -0.2) is 4.99 Å². The zero-order valence-corrected chi connectivity index (χ0v) is 21.5. The normalized spacial score (nSPS) is 14.5. The van der Waals surface area contributed by atoms with Gasteiger partial charge in [-0.05, 0) is 55.0 Å². The molecule has 1 saturated heterocycles. The van der Waals surface area contributed by atoms with Crippen molar-refractivity contribution in [1.82, 2.24) is 10.6 Å². The van der Waals surface area contributed by atoms with Crippen LogP contribution in [0.5, 0.6) is 5.75 Å². The lowest BCUT2D eigenvalue weighted by molar-refractivity contribution is -0.114. The first-order valence-corrected chi connectivity index (χ1v) is 11.2. The van der Waals surface area contributed by atoms with Crippen LogP contribution in [0.15, 0.2) is 40.7 Å². The number of carbonyl (C=O) groups excluding carboxylic acids is 1. The molecule has 170 valence electrons. The minimum Gasteiger partial charge on any atom is -0.495 e. The Balaban J connectivity index is 0.00000341. The Morgan fingerprint density at radius 2 is 2.06 bits per heavy atom. The molecule has 0 atom stereocenters. The summed E-state index contributed by atoms with van der Waals surface area (Å²) >= 11 is 1.80. The number of carbonyl (C=O) groups is 1. The summed E-state index contributed by atoms with van der Waals surface area (Å²) in [7, 11) is 1.59. The number of hydrogen-bond acceptors (Lipinski definition) is 5. The standard InChI is InChI=1S/C22H31N5O2S.HI/c1-4-23-22(26-18-9-11-27(12-10-18)21-6-5-13-30-21)24-15-17-7-8-20(29-3)19(14-17)25-16(2)28;/h5-8,13-14,18H,4,9-12,15H2,1-3H3,(H,25,28)(H2,23,24,26);1H. The predicted octanol–water partition coefficient (Wildman–Crippen LogP) is 4.06. The van der Waals surface area contributed by atoms with Gasteiger partial charge in [-0.1, -0.05) is 6.07 Å².